The number of nitrogens with one attached hydrogen (secondary N) is 1. The molecule has 1 unspecified atom stereocenters. The molecule has 2 aromatic carbocycles. The molecule has 1 atom stereocenters. The third-order valence-corrected chi connectivity index (χ3v) is 6.61. The highest BCUT2D eigenvalue weighted by atomic mass is 16.5. The maximum atomic E-state index is 13.6. The van der Waals surface area contributed by atoms with Crippen molar-refractivity contribution in [2.24, 2.45) is 0 Å². The molecule has 182 valence electrons. The molecule has 34 heavy (non-hydrogen) atoms. The summed E-state index contributed by atoms with van der Waals surface area (Å²) in [6.45, 7) is 3.07. The maximum absolute atomic E-state index is 13.6. The fourth-order valence-electron chi connectivity index (χ4n) is 4.82. The molecule has 1 saturated heterocycles. The minimum atomic E-state index is -0.148. The van der Waals surface area contributed by atoms with Crippen LogP contribution in [0.15, 0.2) is 48.5 Å². The summed E-state index contributed by atoms with van der Waals surface area (Å²) < 4.78 is 6.18. The first kappa shape index (κ1) is 24.2. The predicted molar refractivity (Wildman–Crippen MR) is 130 cm³/mol. The number of rotatable bonds is 4. The Morgan fingerprint density at radius 1 is 1.03 bits per heavy atom. The summed E-state index contributed by atoms with van der Waals surface area (Å²) in [4.78, 5) is 30.2. The topological polar surface area (TPSA) is 82.1 Å². The highest BCUT2D eigenvalue weighted by molar-refractivity contribution is 5.96. The first-order valence-electron chi connectivity index (χ1n) is 12.3. The van der Waals surface area contributed by atoms with Crippen LogP contribution >= 0.6 is 0 Å². The zero-order chi connectivity index (χ0) is 23.8. The third-order valence-electron chi connectivity index (χ3n) is 6.61. The van der Waals surface area contributed by atoms with Gasteiger partial charge in [0.05, 0.1) is 25.8 Å². The Morgan fingerprint density at radius 2 is 1.88 bits per heavy atom. The number of hydrogen-bond acceptors (Lipinski definition) is 5. The monoisotopic (exact) mass is 465 g/mol. The highest BCUT2D eigenvalue weighted by Crippen LogP contribution is 2.29. The number of likely N-dealkylation sites (tertiary alicyclic amines) is 1. The molecule has 2 N–H and O–H groups in total. The van der Waals surface area contributed by atoms with Crippen molar-refractivity contribution in [1.82, 2.24) is 15.1 Å². The minimum Gasteiger partial charge on any atom is -0.493 e. The van der Waals surface area contributed by atoms with E-state index in [4.69, 9.17) is 4.74 Å². The lowest BCUT2D eigenvalue weighted by atomic mass is 10.0. The molecule has 7 heteroatoms. The molecule has 0 bridgehead atoms. The van der Waals surface area contributed by atoms with E-state index in [2.05, 4.69) is 10.2 Å². The first-order chi connectivity index (χ1) is 16.7. The van der Waals surface area contributed by atoms with Crippen LogP contribution in [0.3, 0.4) is 0 Å². The number of carbonyl (C=O) groups is 2. The van der Waals surface area contributed by atoms with E-state index in [0.29, 0.717) is 44.1 Å². The number of aliphatic hydroxyl groups excluding tert-OH is 1. The molecule has 2 aliphatic heterocycles. The second kappa shape index (κ2) is 12.0. The molecule has 0 radical (unpaired) electrons. The molecule has 0 spiro atoms. The zero-order valence-corrected chi connectivity index (χ0v) is 19.7. The van der Waals surface area contributed by atoms with E-state index < -0.39 is 0 Å². The summed E-state index contributed by atoms with van der Waals surface area (Å²) in [5.74, 6) is 0.607. The summed E-state index contributed by atoms with van der Waals surface area (Å²) in [7, 11) is 0. The number of benzene rings is 2. The Balaban J connectivity index is 1.68. The Hall–Kier alpha value is -2.90. The molecule has 2 aromatic rings. The van der Waals surface area contributed by atoms with Gasteiger partial charge in [-0.1, -0.05) is 36.4 Å². The van der Waals surface area contributed by atoms with Crippen molar-refractivity contribution >= 4 is 11.8 Å². The van der Waals surface area contributed by atoms with Gasteiger partial charge >= 0.3 is 0 Å². The fraction of sp³-hybridized carbons (Fsp3) is 0.481. The average molecular weight is 466 g/mol. The van der Waals surface area contributed by atoms with Crippen molar-refractivity contribution in [3.63, 3.8) is 0 Å². The van der Waals surface area contributed by atoms with E-state index >= 15 is 0 Å². The van der Waals surface area contributed by atoms with Crippen LogP contribution in [0, 0.1) is 0 Å². The second-order valence-electron chi connectivity index (χ2n) is 9.15. The molecule has 7 nitrogen and oxygen atoms in total. The number of nitrogens with zero attached hydrogens (tertiary/aromatic N) is 2. The Bertz CT molecular complexity index is 966. The Kier molecular flexibility index (Phi) is 8.55. The van der Waals surface area contributed by atoms with Crippen LogP contribution in [0.4, 0.5) is 0 Å². The SMILES string of the molecule is O=C1CN(Cc2ccccc2)Cc2c(cccc2C(=O)N2CCCC2CO)OCCCCCN1. The van der Waals surface area contributed by atoms with Gasteiger partial charge in [-0.05, 0) is 49.8 Å². The molecular formula is C27H35N3O4. The zero-order valence-electron chi connectivity index (χ0n) is 19.7. The number of carbonyl (C=O) groups excluding carboxylic acids is 2. The van der Waals surface area contributed by atoms with E-state index in [1.54, 1.807) is 4.90 Å². The average Bonchev–Trinajstić information content (AvgIpc) is 3.33. The molecule has 2 heterocycles. The van der Waals surface area contributed by atoms with Gasteiger partial charge in [0, 0.05) is 37.3 Å². The first-order valence-corrected chi connectivity index (χ1v) is 12.3. The summed E-state index contributed by atoms with van der Waals surface area (Å²) in [6, 6.07) is 15.5. The summed E-state index contributed by atoms with van der Waals surface area (Å²) >= 11 is 0. The van der Waals surface area contributed by atoms with Gasteiger partial charge in [0.2, 0.25) is 5.91 Å². The van der Waals surface area contributed by atoms with Gasteiger partial charge in [-0.3, -0.25) is 14.5 Å². The van der Waals surface area contributed by atoms with E-state index in [1.165, 1.54) is 0 Å². The van der Waals surface area contributed by atoms with Crippen LogP contribution in [0.5, 0.6) is 5.75 Å². The molecular weight excluding hydrogens is 430 g/mol. The van der Waals surface area contributed by atoms with Crippen molar-refractivity contribution in [2.45, 2.75) is 51.2 Å². The van der Waals surface area contributed by atoms with Crippen LogP contribution in [-0.2, 0) is 17.9 Å². The second-order valence-corrected chi connectivity index (χ2v) is 9.15. The third kappa shape index (κ3) is 6.15. The lowest BCUT2D eigenvalue weighted by Crippen LogP contribution is -2.39. The van der Waals surface area contributed by atoms with E-state index in [-0.39, 0.29) is 31.0 Å². The fourth-order valence-corrected chi connectivity index (χ4v) is 4.82. The lowest BCUT2D eigenvalue weighted by Gasteiger charge is -2.27. The quantitative estimate of drug-likeness (QED) is 0.726. The van der Waals surface area contributed by atoms with Gasteiger partial charge in [0.1, 0.15) is 5.75 Å². The van der Waals surface area contributed by atoms with Crippen LogP contribution in [0.1, 0.15) is 53.6 Å². The van der Waals surface area contributed by atoms with Crippen molar-refractivity contribution in [2.75, 3.05) is 32.8 Å². The number of amides is 2. The largest absolute Gasteiger partial charge is 0.493 e. The molecule has 2 amide bonds. The summed E-state index contributed by atoms with van der Waals surface area (Å²) in [5, 5.41) is 12.8. The number of aliphatic hydroxyl groups is 1. The number of hydrogen-bond donors (Lipinski definition) is 2. The molecule has 4 rings (SSSR count). The van der Waals surface area contributed by atoms with Crippen LogP contribution in [0.2, 0.25) is 0 Å². The number of ether oxygens (including phenoxy) is 1. The molecule has 0 aromatic heterocycles. The number of fused-ring (bicyclic) bond motifs is 1. The minimum absolute atomic E-state index is 0.0126. The van der Waals surface area contributed by atoms with Gasteiger partial charge in [-0.2, -0.15) is 0 Å². The van der Waals surface area contributed by atoms with Gasteiger partial charge in [0.25, 0.3) is 5.91 Å². The molecule has 2 aliphatic rings. The van der Waals surface area contributed by atoms with Gasteiger partial charge in [0.15, 0.2) is 0 Å². The Labute approximate surface area is 201 Å². The smallest absolute Gasteiger partial charge is 0.254 e. The van der Waals surface area contributed by atoms with Gasteiger partial charge < -0.3 is 20.1 Å². The maximum Gasteiger partial charge on any atom is 0.254 e. The van der Waals surface area contributed by atoms with Crippen LogP contribution < -0.4 is 10.1 Å². The van der Waals surface area contributed by atoms with E-state index in [0.717, 1.165) is 43.2 Å². The van der Waals surface area contributed by atoms with Crippen LogP contribution in [-0.4, -0.2) is 65.6 Å². The van der Waals surface area contributed by atoms with Crippen molar-refractivity contribution in [3.05, 3.63) is 65.2 Å². The molecule has 0 saturated carbocycles. The molecule has 1 fully saturated rings. The van der Waals surface area contributed by atoms with Crippen molar-refractivity contribution < 1.29 is 19.4 Å². The van der Waals surface area contributed by atoms with Gasteiger partial charge in [-0.25, -0.2) is 0 Å². The Morgan fingerprint density at radius 3 is 2.71 bits per heavy atom. The standard InChI is InChI=1S/C27H35N3O4/c31-20-22-11-8-15-30(22)27(33)23-12-7-13-25-24(23)18-29(17-21-9-3-1-4-10-21)19-26(32)28-14-5-2-6-16-34-25/h1,3-4,7,9-10,12-13,22,31H,2,5-6,8,11,14-20H2,(H,28,32). The normalized spacial score (nSPS) is 20.3. The van der Waals surface area contributed by atoms with E-state index in [1.807, 2.05) is 48.5 Å². The molecule has 0 aliphatic carbocycles. The summed E-state index contributed by atoms with van der Waals surface area (Å²) in [5.41, 5.74) is 2.50. The lowest BCUT2D eigenvalue weighted by molar-refractivity contribution is -0.122. The highest BCUT2D eigenvalue weighted by Gasteiger charge is 2.31. The summed E-state index contributed by atoms with van der Waals surface area (Å²) in [6.07, 6.45) is 4.47. The predicted octanol–water partition coefficient (Wildman–Crippen LogP) is 2.96. The van der Waals surface area contributed by atoms with Crippen molar-refractivity contribution in [3.8, 4) is 5.75 Å². The van der Waals surface area contributed by atoms with Crippen molar-refractivity contribution in [1.29, 1.82) is 0 Å². The van der Waals surface area contributed by atoms with Crippen LogP contribution in [0.25, 0.3) is 0 Å². The van der Waals surface area contributed by atoms with E-state index in [9.17, 15) is 14.7 Å². The van der Waals surface area contributed by atoms with Gasteiger partial charge in [-0.15, -0.1) is 0 Å².